The van der Waals surface area contributed by atoms with Crippen LogP contribution in [0.2, 0.25) is 0 Å². The van der Waals surface area contributed by atoms with E-state index in [9.17, 15) is 4.79 Å². The number of benzene rings is 2. The van der Waals surface area contributed by atoms with Crippen LogP contribution in [-0.2, 0) is 6.54 Å². The summed E-state index contributed by atoms with van der Waals surface area (Å²) >= 11 is 0. The normalized spacial score (nSPS) is 15.5. The lowest BCUT2D eigenvalue weighted by Gasteiger charge is -2.26. The third-order valence-electron chi connectivity index (χ3n) is 4.74. The van der Waals surface area contributed by atoms with Gasteiger partial charge in [0.15, 0.2) is 5.96 Å². The van der Waals surface area contributed by atoms with Crippen LogP contribution in [0.3, 0.4) is 0 Å². The van der Waals surface area contributed by atoms with Crippen LogP contribution in [-0.4, -0.2) is 25.0 Å². The Morgan fingerprint density at radius 1 is 1.21 bits per heavy atom. The number of unbranched alkanes of at least 4 members (excludes halogenated alkanes) is 1. The van der Waals surface area contributed by atoms with Crippen LogP contribution < -0.4 is 21.1 Å². The number of carbonyl (C=O) groups is 1. The first-order chi connectivity index (χ1) is 13.7. The third kappa shape index (κ3) is 6.62. The van der Waals surface area contributed by atoms with Crippen LogP contribution in [0, 0.1) is 0 Å². The number of amides is 1. The zero-order valence-electron chi connectivity index (χ0n) is 16.7. The Labute approximate surface area is 189 Å². The van der Waals surface area contributed by atoms with Gasteiger partial charge in [-0.2, -0.15) is 0 Å². The number of halogens is 1. The first kappa shape index (κ1) is 23.0. The van der Waals surface area contributed by atoms with Gasteiger partial charge >= 0.3 is 0 Å². The molecule has 0 saturated carbocycles. The number of hydrogen-bond donors (Lipinski definition) is 3. The predicted molar refractivity (Wildman–Crippen MR) is 127 cm³/mol. The zero-order valence-corrected chi connectivity index (χ0v) is 19.0. The number of fused-ring (bicyclic) bond motifs is 1. The largest absolute Gasteiger partial charge is 0.493 e. The molecule has 156 valence electrons. The minimum Gasteiger partial charge on any atom is -0.493 e. The zero-order chi connectivity index (χ0) is 19.8. The maximum atomic E-state index is 12.0. The van der Waals surface area contributed by atoms with Crippen molar-refractivity contribution >= 4 is 35.8 Å². The van der Waals surface area contributed by atoms with E-state index in [1.807, 2.05) is 48.5 Å². The van der Waals surface area contributed by atoms with E-state index in [-0.39, 0.29) is 35.9 Å². The summed E-state index contributed by atoms with van der Waals surface area (Å²) in [5.74, 6) is 1.26. The lowest BCUT2D eigenvalue weighted by molar-refractivity contribution is 0.0953. The number of nitrogens with zero attached hydrogens (tertiary/aromatic N) is 1. The fourth-order valence-corrected chi connectivity index (χ4v) is 3.13. The molecule has 6 nitrogen and oxygen atoms in total. The van der Waals surface area contributed by atoms with Crippen molar-refractivity contribution in [2.45, 2.75) is 38.8 Å². The number of ether oxygens (including phenoxy) is 1. The Balaban J connectivity index is 0.00000300. The molecule has 1 heterocycles. The molecule has 0 saturated heterocycles. The molecule has 1 atom stereocenters. The second kappa shape index (κ2) is 11.6. The summed E-state index contributed by atoms with van der Waals surface area (Å²) < 4.78 is 5.67. The molecule has 0 radical (unpaired) electrons. The van der Waals surface area contributed by atoms with Crippen LogP contribution in [0.25, 0.3) is 0 Å². The fraction of sp³-hybridized carbons (Fsp3) is 0.364. The average Bonchev–Trinajstić information content (AvgIpc) is 2.73. The number of nitrogens with two attached hydrogens (primary N) is 1. The number of guanidine groups is 1. The summed E-state index contributed by atoms with van der Waals surface area (Å²) in [5.41, 5.74) is 8.85. The minimum absolute atomic E-state index is 0. The quantitative estimate of drug-likeness (QED) is 0.230. The summed E-state index contributed by atoms with van der Waals surface area (Å²) in [5, 5.41) is 6.20. The standard InChI is InChI=1S/C22H28N4O2.HI/c1-2-3-13-24-21(27)17-10-8-16(9-11-17)15-25-22(23)26-19-12-14-28-20-7-5-4-6-18(19)20;/h4-11,19H,2-3,12-15H2,1H3,(H,24,27)(H3,23,25,26);1H. The second-order valence-corrected chi connectivity index (χ2v) is 6.88. The summed E-state index contributed by atoms with van der Waals surface area (Å²) in [4.78, 5) is 16.5. The van der Waals surface area contributed by atoms with E-state index in [0.29, 0.717) is 31.2 Å². The van der Waals surface area contributed by atoms with E-state index < -0.39 is 0 Å². The Kier molecular flexibility index (Phi) is 9.24. The van der Waals surface area contributed by atoms with Crippen molar-refractivity contribution in [3.63, 3.8) is 0 Å². The lowest BCUT2D eigenvalue weighted by atomic mass is 10.0. The molecule has 7 heteroatoms. The molecule has 1 aliphatic rings. The molecule has 2 aromatic carbocycles. The first-order valence-electron chi connectivity index (χ1n) is 9.82. The molecule has 1 unspecified atom stereocenters. The van der Waals surface area contributed by atoms with E-state index in [1.54, 1.807) is 0 Å². The van der Waals surface area contributed by atoms with Crippen LogP contribution >= 0.6 is 24.0 Å². The van der Waals surface area contributed by atoms with Crippen LogP contribution in [0.5, 0.6) is 5.75 Å². The van der Waals surface area contributed by atoms with Crippen molar-refractivity contribution in [3.8, 4) is 5.75 Å². The van der Waals surface area contributed by atoms with Gasteiger partial charge in [0.1, 0.15) is 5.75 Å². The van der Waals surface area contributed by atoms with Gasteiger partial charge in [0.2, 0.25) is 0 Å². The molecule has 0 fully saturated rings. The van der Waals surface area contributed by atoms with Crippen molar-refractivity contribution in [2.75, 3.05) is 13.2 Å². The molecule has 0 aliphatic carbocycles. The number of rotatable bonds is 7. The number of para-hydroxylation sites is 1. The van der Waals surface area contributed by atoms with E-state index >= 15 is 0 Å². The Morgan fingerprint density at radius 2 is 1.97 bits per heavy atom. The summed E-state index contributed by atoms with van der Waals surface area (Å²) in [6, 6.07) is 15.5. The molecular formula is C22H29IN4O2. The summed E-state index contributed by atoms with van der Waals surface area (Å²) in [7, 11) is 0. The van der Waals surface area contributed by atoms with Crippen molar-refractivity contribution in [2.24, 2.45) is 10.7 Å². The van der Waals surface area contributed by atoms with Gasteiger partial charge in [-0.15, -0.1) is 24.0 Å². The summed E-state index contributed by atoms with van der Waals surface area (Å²) in [6.07, 6.45) is 2.89. The number of hydrogen-bond acceptors (Lipinski definition) is 3. The lowest BCUT2D eigenvalue weighted by Crippen LogP contribution is -2.37. The van der Waals surface area contributed by atoms with E-state index in [4.69, 9.17) is 10.5 Å². The monoisotopic (exact) mass is 508 g/mol. The second-order valence-electron chi connectivity index (χ2n) is 6.88. The maximum Gasteiger partial charge on any atom is 0.251 e. The molecule has 0 bridgehead atoms. The van der Waals surface area contributed by atoms with Crippen LogP contribution in [0.15, 0.2) is 53.5 Å². The molecule has 2 aromatic rings. The fourth-order valence-electron chi connectivity index (χ4n) is 3.13. The highest BCUT2D eigenvalue weighted by molar-refractivity contribution is 14.0. The third-order valence-corrected chi connectivity index (χ3v) is 4.74. The topological polar surface area (TPSA) is 88.7 Å². The maximum absolute atomic E-state index is 12.0. The van der Waals surface area contributed by atoms with Gasteiger partial charge < -0.3 is 21.1 Å². The molecule has 29 heavy (non-hydrogen) atoms. The number of nitrogens with one attached hydrogen (secondary N) is 2. The van der Waals surface area contributed by atoms with Crippen LogP contribution in [0.1, 0.15) is 53.7 Å². The van der Waals surface area contributed by atoms with Crippen molar-refractivity contribution in [3.05, 3.63) is 65.2 Å². The highest BCUT2D eigenvalue weighted by atomic mass is 127. The molecule has 0 spiro atoms. The molecule has 0 aromatic heterocycles. The van der Waals surface area contributed by atoms with Gasteiger partial charge in [0.25, 0.3) is 5.91 Å². The van der Waals surface area contributed by atoms with Gasteiger partial charge in [-0.05, 0) is 30.2 Å². The first-order valence-corrected chi connectivity index (χ1v) is 9.82. The van der Waals surface area contributed by atoms with Gasteiger partial charge in [-0.25, -0.2) is 4.99 Å². The molecule has 4 N–H and O–H groups in total. The summed E-state index contributed by atoms with van der Waals surface area (Å²) in [6.45, 7) is 3.92. The highest BCUT2D eigenvalue weighted by Crippen LogP contribution is 2.31. The molecule has 3 rings (SSSR count). The van der Waals surface area contributed by atoms with Crippen molar-refractivity contribution < 1.29 is 9.53 Å². The number of aliphatic imine (C=N–C) groups is 1. The minimum atomic E-state index is -0.0390. The smallest absolute Gasteiger partial charge is 0.251 e. The number of carbonyl (C=O) groups excluding carboxylic acids is 1. The Bertz CT molecular complexity index is 824. The van der Waals surface area contributed by atoms with Crippen LogP contribution in [0.4, 0.5) is 0 Å². The molecule has 1 amide bonds. The Morgan fingerprint density at radius 3 is 2.72 bits per heavy atom. The average molecular weight is 508 g/mol. The van der Waals surface area contributed by atoms with Crippen molar-refractivity contribution in [1.82, 2.24) is 10.6 Å². The van der Waals surface area contributed by atoms with Crippen molar-refractivity contribution in [1.29, 1.82) is 0 Å². The highest BCUT2D eigenvalue weighted by Gasteiger charge is 2.21. The predicted octanol–water partition coefficient (Wildman–Crippen LogP) is 3.76. The molecular weight excluding hydrogens is 479 g/mol. The van der Waals surface area contributed by atoms with Gasteiger partial charge in [-0.1, -0.05) is 43.7 Å². The van der Waals surface area contributed by atoms with Gasteiger partial charge in [-0.3, -0.25) is 4.79 Å². The Hall–Kier alpha value is -2.29. The van der Waals surface area contributed by atoms with E-state index in [2.05, 4.69) is 22.5 Å². The molecule has 1 aliphatic heterocycles. The van der Waals surface area contributed by atoms with Gasteiger partial charge in [0, 0.05) is 24.1 Å². The van der Waals surface area contributed by atoms with E-state index in [0.717, 1.165) is 36.1 Å². The van der Waals surface area contributed by atoms with Gasteiger partial charge in [0.05, 0.1) is 19.2 Å². The SMILES string of the molecule is CCCCNC(=O)c1ccc(CN=C(N)NC2CCOc3ccccc32)cc1.I. The van der Waals surface area contributed by atoms with E-state index in [1.165, 1.54) is 0 Å².